The van der Waals surface area contributed by atoms with Crippen LogP contribution < -0.4 is 14.2 Å². The zero-order chi connectivity index (χ0) is 21.8. The highest BCUT2D eigenvalue weighted by molar-refractivity contribution is 7.92. The molecule has 2 aromatic carbocycles. The van der Waals surface area contributed by atoms with Crippen LogP contribution in [0.15, 0.2) is 47.4 Å². The first-order valence-corrected chi connectivity index (χ1v) is 12.8. The van der Waals surface area contributed by atoms with E-state index in [-0.39, 0.29) is 27.0 Å². The van der Waals surface area contributed by atoms with Gasteiger partial charge in [0.2, 0.25) is 0 Å². The van der Waals surface area contributed by atoms with Crippen molar-refractivity contribution >= 4 is 43.2 Å². The number of nitrogens with one attached hydrogen (secondary N) is 2. The average molecular weight is 474 g/mol. The summed E-state index contributed by atoms with van der Waals surface area (Å²) < 4.78 is 62.8. The molecule has 1 fully saturated rings. The highest BCUT2D eigenvalue weighted by Gasteiger charge is 2.25. The van der Waals surface area contributed by atoms with Gasteiger partial charge in [-0.25, -0.2) is 8.42 Å². The van der Waals surface area contributed by atoms with Gasteiger partial charge in [0.15, 0.2) is 0 Å². The van der Waals surface area contributed by atoms with Crippen molar-refractivity contribution in [2.45, 2.75) is 30.6 Å². The maximum absolute atomic E-state index is 12.8. The SMILES string of the molecule is COc1ccc(S(=O)(=O)Nc2ccccc2Cl)cc1NS(=O)(=O)N1CCCCCC1. The fourth-order valence-electron chi connectivity index (χ4n) is 3.17. The Balaban J connectivity index is 1.90. The van der Waals surface area contributed by atoms with E-state index in [1.165, 1.54) is 35.7 Å². The Kier molecular flexibility index (Phi) is 7.12. The van der Waals surface area contributed by atoms with E-state index < -0.39 is 20.2 Å². The van der Waals surface area contributed by atoms with E-state index in [0.717, 1.165) is 25.7 Å². The lowest BCUT2D eigenvalue weighted by Crippen LogP contribution is -2.36. The molecule has 0 aliphatic carbocycles. The van der Waals surface area contributed by atoms with Crippen molar-refractivity contribution in [3.05, 3.63) is 47.5 Å². The second kappa shape index (κ2) is 9.42. The number of hydrogen-bond acceptors (Lipinski definition) is 5. The van der Waals surface area contributed by atoms with E-state index in [1.807, 2.05) is 0 Å². The second-order valence-corrected chi connectivity index (χ2v) is 10.6. The van der Waals surface area contributed by atoms with Crippen molar-refractivity contribution < 1.29 is 21.6 Å². The van der Waals surface area contributed by atoms with Gasteiger partial charge < -0.3 is 4.74 Å². The van der Waals surface area contributed by atoms with Crippen molar-refractivity contribution in [3.63, 3.8) is 0 Å². The lowest BCUT2D eigenvalue weighted by molar-refractivity contribution is 0.414. The van der Waals surface area contributed by atoms with E-state index in [4.69, 9.17) is 16.3 Å². The molecule has 0 aromatic heterocycles. The Morgan fingerprint density at radius 1 is 0.900 bits per heavy atom. The third kappa shape index (κ3) is 5.37. The molecule has 1 heterocycles. The molecule has 164 valence electrons. The lowest BCUT2D eigenvalue weighted by Gasteiger charge is -2.22. The van der Waals surface area contributed by atoms with Crippen molar-refractivity contribution in [1.29, 1.82) is 0 Å². The van der Waals surface area contributed by atoms with Gasteiger partial charge in [0.1, 0.15) is 5.75 Å². The summed E-state index contributed by atoms with van der Waals surface area (Å²) >= 11 is 6.04. The molecular formula is C19H24ClN3O5S2. The number of nitrogens with zero attached hydrogens (tertiary/aromatic N) is 1. The van der Waals surface area contributed by atoms with Crippen LogP contribution in [0.25, 0.3) is 0 Å². The number of ether oxygens (including phenoxy) is 1. The highest BCUT2D eigenvalue weighted by atomic mass is 35.5. The maximum atomic E-state index is 12.8. The number of benzene rings is 2. The Labute approximate surface area is 182 Å². The first-order valence-electron chi connectivity index (χ1n) is 9.46. The minimum absolute atomic E-state index is 0.0452. The van der Waals surface area contributed by atoms with E-state index in [9.17, 15) is 16.8 Å². The Hall–Kier alpha value is -2.01. The van der Waals surface area contributed by atoms with E-state index in [0.29, 0.717) is 13.1 Å². The third-order valence-electron chi connectivity index (χ3n) is 4.74. The summed E-state index contributed by atoms with van der Waals surface area (Å²) in [7, 11) is -6.48. The maximum Gasteiger partial charge on any atom is 0.301 e. The summed E-state index contributed by atoms with van der Waals surface area (Å²) in [6.45, 7) is 0.841. The van der Waals surface area contributed by atoms with Crippen LogP contribution in [0.2, 0.25) is 5.02 Å². The quantitative estimate of drug-likeness (QED) is 0.638. The molecule has 1 aliphatic heterocycles. The summed E-state index contributed by atoms with van der Waals surface area (Å²) in [5.74, 6) is 0.213. The van der Waals surface area contributed by atoms with Crippen LogP contribution in [0.4, 0.5) is 11.4 Å². The molecule has 0 saturated carbocycles. The third-order valence-corrected chi connectivity index (χ3v) is 7.96. The smallest absolute Gasteiger partial charge is 0.301 e. The number of para-hydroxylation sites is 1. The highest BCUT2D eigenvalue weighted by Crippen LogP contribution is 2.31. The van der Waals surface area contributed by atoms with Gasteiger partial charge in [0.05, 0.1) is 28.4 Å². The van der Waals surface area contributed by atoms with Crippen molar-refractivity contribution in [2.24, 2.45) is 0 Å². The predicted molar refractivity (Wildman–Crippen MR) is 118 cm³/mol. The fraction of sp³-hybridized carbons (Fsp3) is 0.368. The van der Waals surface area contributed by atoms with Gasteiger partial charge >= 0.3 is 10.2 Å². The summed E-state index contributed by atoms with van der Waals surface area (Å²) in [6, 6.07) is 10.4. The summed E-state index contributed by atoms with van der Waals surface area (Å²) in [6.07, 6.45) is 3.54. The zero-order valence-corrected chi connectivity index (χ0v) is 18.9. The van der Waals surface area contributed by atoms with Crippen LogP contribution >= 0.6 is 11.6 Å². The molecule has 2 N–H and O–H groups in total. The number of anilines is 2. The molecular weight excluding hydrogens is 450 g/mol. The van der Waals surface area contributed by atoms with Crippen LogP contribution in [-0.4, -0.2) is 41.3 Å². The fourth-order valence-corrected chi connectivity index (χ4v) is 5.82. The molecule has 0 spiro atoms. The molecule has 0 atom stereocenters. The average Bonchev–Trinajstić information content (AvgIpc) is 2.99. The van der Waals surface area contributed by atoms with Crippen LogP contribution in [-0.2, 0) is 20.2 Å². The molecule has 1 aliphatic rings. The van der Waals surface area contributed by atoms with Crippen molar-refractivity contribution in [3.8, 4) is 5.75 Å². The van der Waals surface area contributed by atoms with Gasteiger partial charge in [-0.05, 0) is 43.2 Å². The summed E-state index contributed by atoms with van der Waals surface area (Å²) in [4.78, 5) is -0.128. The van der Waals surface area contributed by atoms with E-state index in [1.54, 1.807) is 18.2 Å². The predicted octanol–water partition coefficient (Wildman–Crippen LogP) is 3.68. The number of methoxy groups -OCH3 is 1. The van der Waals surface area contributed by atoms with Gasteiger partial charge in [-0.3, -0.25) is 9.44 Å². The molecule has 0 unspecified atom stereocenters. The largest absolute Gasteiger partial charge is 0.495 e. The number of halogens is 1. The van der Waals surface area contributed by atoms with Crippen molar-refractivity contribution in [1.82, 2.24) is 4.31 Å². The van der Waals surface area contributed by atoms with E-state index in [2.05, 4.69) is 9.44 Å². The number of sulfonamides is 1. The molecule has 0 radical (unpaired) electrons. The van der Waals surface area contributed by atoms with E-state index >= 15 is 0 Å². The number of hydrogen-bond donors (Lipinski definition) is 2. The first kappa shape index (κ1) is 22.7. The van der Waals surface area contributed by atoms with Gasteiger partial charge in [-0.1, -0.05) is 36.6 Å². The monoisotopic (exact) mass is 473 g/mol. The second-order valence-electron chi connectivity index (χ2n) is 6.87. The summed E-state index contributed by atoms with van der Waals surface area (Å²) in [5, 5.41) is 0.247. The Morgan fingerprint density at radius 2 is 1.57 bits per heavy atom. The Morgan fingerprint density at radius 3 is 2.20 bits per heavy atom. The topological polar surface area (TPSA) is 105 Å². The summed E-state index contributed by atoms with van der Waals surface area (Å²) in [5.41, 5.74) is 0.269. The van der Waals surface area contributed by atoms with Gasteiger partial charge in [0.25, 0.3) is 10.0 Å². The number of rotatable bonds is 7. The molecule has 8 nitrogen and oxygen atoms in total. The molecule has 11 heteroatoms. The lowest BCUT2D eigenvalue weighted by atomic mass is 10.2. The molecule has 0 amide bonds. The minimum Gasteiger partial charge on any atom is -0.495 e. The van der Waals surface area contributed by atoms with Gasteiger partial charge in [-0.2, -0.15) is 12.7 Å². The zero-order valence-electron chi connectivity index (χ0n) is 16.5. The van der Waals surface area contributed by atoms with Crippen LogP contribution in [0.3, 0.4) is 0 Å². The molecule has 30 heavy (non-hydrogen) atoms. The first-order chi connectivity index (χ1) is 14.2. The van der Waals surface area contributed by atoms with Crippen LogP contribution in [0.5, 0.6) is 5.75 Å². The normalized spacial score (nSPS) is 15.9. The molecule has 2 aromatic rings. The van der Waals surface area contributed by atoms with Gasteiger partial charge in [0, 0.05) is 13.1 Å². The molecule has 3 rings (SSSR count). The standard InChI is InChI=1S/C19H24ClN3O5S2/c1-28-19-11-10-15(29(24,25)21-17-9-5-4-8-16(17)20)14-18(19)22-30(26,27)23-12-6-2-3-7-13-23/h4-5,8-11,14,21-22H,2-3,6-7,12-13H2,1H3. The molecule has 0 bridgehead atoms. The van der Waals surface area contributed by atoms with Crippen molar-refractivity contribution in [2.75, 3.05) is 29.6 Å². The minimum atomic E-state index is -4.01. The van der Waals surface area contributed by atoms with Crippen LogP contribution in [0.1, 0.15) is 25.7 Å². The van der Waals surface area contributed by atoms with Crippen LogP contribution in [0, 0.1) is 0 Å². The molecule has 1 saturated heterocycles. The Bertz CT molecular complexity index is 1100. The van der Waals surface area contributed by atoms with Gasteiger partial charge in [-0.15, -0.1) is 0 Å².